The average molecular weight is 494 g/mol. The Bertz CT molecular complexity index is 1360. The zero-order valence-corrected chi connectivity index (χ0v) is 21.2. The van der Waals surface area contributed by atoms with Gasteiger partial charge < -0.3 is 9.80 Å². The quantitative estimate of drug-likeness (QED) is 0.374. The number of hydrogen-bond acceptors (Lipinski definition) is 4. The van der Waals surface area contributed by atoms with Crippen LogP contribution < -0.4 is 0 Å². The first kappa shape index (κ1) is 24.4. The molecule has 1 aliphatic heterocycles. The zero-order valence-electron chi connectivity index (χ0n) is 21.2. The van der Waals surface area contributed by atoms with Crippen LogP contribution in [0.1, 0.15) is 35.2 Å². The van der Waals surface area contributed by atoms with Gasteiger partial charge in [0.2, 0.25) is 0 Å². The normalized spacial score (nSPS) is 15.4. The lowest BCUT2D eigenvalue weighted by atomic mass is 9.96. The number of benzene rings is 3. The van der Waals surface area contributed by atoms with Crippen LogP contribution in [-0.4, -0.2) is 63.4 Å². The second-order valence-electron chi connectivity index (χ2n) is 9.72. The summed E-state index contributed by atoms with van der Waals surface area (Å²) in [6.07, 6.45) is 5.69. The maximum atomic E-state index is 13.4. The lowest BCUT2D eigenvalue weighted by molar-refractivity contribution is 0.0827. The van der Waals surface area contributed by atoms with Crippen LogP contribution in [0.4, 0.5) is 4.79 Å². The number of piperidine rings is 1. The Kier molecular flexibility index (Phi) is 7.12. The fraction of sp³-hybridized carbons (Fsp3) is 0.267. The van der Waals surface area contributed by atoms with Gasteiger partial charge in [0, 0.05) is 37.8 Å². The van der Waals surface area contributed by atoms with E-state index in [0.717, 1.165) is 48.9 Å². The third kappa shape index (κ3) is 5.45. The van der Waals surface area contributed by atoms with Gasteiger partial charge in [-0.15, -0.1) is 5.10 Å². The van der Waals surface area contributed by atoms with Crippen molar-refractivity contribution in [3.8, 4) is 22.4 Å². The van der Waals surface area contributed by atoms with Crippen molar-refractivity contribution in [2.45, 2.75) is 31.7 Å². The van der Waals surface area contributed by atoms with Crippen molar-refractivity contribution >= 4 is 11.9 Å². The third-order valence-corrected chi connectivity index (χ3v) is 6.93. The third-order valence-electron chi connectivity index (χ3n) is 6.93. The van der Waals surface area contributed by atoms with Crippen LogP contribution in [0.3, 0.4) is 0 Å². The van der Waals surface area contributed by atoms with Gasteiger partial charge in [0.1, 0.15) is 5.69 Å². The van der Waals surface area contributed by atoms with E-state index >= 15 is 0 Å². The van der Waals surface area contributed by atoms with E-state index in [1.54, 1.807) is 25.2 Å². The van der Waals surface area contributed by atoms with Gasteiger partial charge >= 0.3 is 6.03 Å². The smallest absolute Gasteiger partial charge is 0.345 e. The molecule has 0 N–H and O–H groups in total. The molecule has 1 saturated heterocycles. The minimum absolute atomic E-state index is 0.0181. The second kappa shape index (κ2) is 10.8. The average Bonchev–Trinajstić information content (AvgIpc) is 3.44. The number of aromatic nitrogens is 3. The van der Waals surface area contributed by atoms with Crippen molar-refractivity contribution in [2.24, 2.45) is 0 Å². The van der Waals surface area contributed by atoms with Crippen molar-refractivity contribution in [3.05, 3.63) is 96.2 Å². The van der Waals surface area contributed by atoms with Gasteiger partial charge in [-0.25, -0.2) is 4.79 Å². The van der Waals surface area contributed by atoms with E-state index in [1.807, 2.05) is 71.6 Å². The van der Waals surface area contributed by atoms with Crippen LogP contribution in [0, 0.1) is 0 Å². The van der Waals surface area contributed by atoms with E-state index in [-0.39, 0.29) is 18.0 Å². The lowest BCUT2D eigenvalue weighted by Gasteiger charge is -2.35. The molecule has 0 saturated carbocycles. The molecule has 5 rings (SSSR count). The summed E-state index contributed by atoms with van der Waals surface area (Å²) in [5, 5.41) is 8.45. The molecule has 1 atom stereocenters. The highest BCUT2D eigenvalue weighted by molar-refractivity contribution is 5.94. The summed E-state index contributed by atoms with van der Waals surface area (Å²) in [6, 6.07) is 25.9. The minimum atomic E-state index is -0.122. The molecule has 37 heavy (non-hydrogen) atoms. The molecule has 1 unspecified atom stereocenters. The van der Waals surface area contributed by atoms with E-state index in [0.29, 0.717) is 11.3 Å². The molecule has 7 nitrogen and oxygen atoms in total. The fourth-order valence-corrected chi connectivity index (χ4v) is 4.87. The van der Waals surface area contributed by atoms with Gasteiger partial charge in [0.05, 0.1) is 6.20 Å². The van der Waals surface area contributed by atoms with Crippen molar-refractivity contribution in [1.29, 1.82) is 0 Å². The molecule has 7 heteroatoms. The molecular weight excluding hydrogens is 462 g/mol. The molecule has 1 fully saturated rings. The standard InChI is InChI=1S/C30H31N5O2/c1-33(2)29(36)26-17-13-24(14-18-26)23-11-15-25(16-12-23)28-21-35(32-31-28)30(37)34-19-7-6-10-27(34)20-22-8-4-3-5-9-22/h3-5,8-9,11-18,21,27H,6-7,10,19-20H2,1-2H3. The summed E-state index contributed by atoms with van der Waals surface area (Å²) in [6.45, 7) is 0.735. The zero-order chi connectivity index (χ0) is 25.8. The van der Waals surface area contributed by atoms with Crippen LogP contribution in [0.2, 0.25) is 0 Å². The Hall–Kier alpha value is -4.26. The summed E-state index contributed by atoms with van der Waals surface area (Å²) >= 11 is 0. The molecule has 4 aromatic rings. The molecule has 2 heterocycles. The first-order valence-electron chi connectivity index (χ1n) is 12.7. The molecular formula is C30H31N5O2. The number of likely N-dealkylation sites (tertiary alicyclic amines) is 1. The number of nitrogens with zero attached hydrogens (tertiary/aromatic N) is 5. The summed E-state index contributed by atoms with van der Waals surface area (Å²) in [4.78, 5) is 29.0. The highest BCUT2D eigenvalue weighted by Crippen LogP contribution is 2.25. The van der Waals surface area contributed by atoms with Gasteiger partial charge in [-0.1, -0.05) is 71.9 Å². The molecule has 188 valence electrons. The Morgan fingerprint density at radius 3 is 2.19 bits per heavy atom. The Balaban J connectivity index is 1.29. The van der Waals surface area contributed by atoms with Gasteiger partial charge in [-0.3, -0.25) is 4.79 Å². The molecule has 3 aromatic carbocycles. The van der Waals surface area contributed by atoms with Gasteiger partial charge in [-0.2, -0.15) is 4.68 Å². The predicted octanol–water partition coefficient (Wildman–Crippen LogP) is 5.38. The first-order valence-corrected chi connectivity index (χ1v) is 12.7. The van der Waals surface area contributed by atoms with Crippen LogP contribution in [0.5, 0.6) is 0 Å². The van der Waals surface area contributed by atoms with Crippen LogP contribution in [0.25, 0.3) is 22.4 Å². The number of hydrogen-bond donors (Lipinski definition) is 0. The molecule has 2 amide bonds. The van der Waals surface area contributed by atoms with E-state index in [9.17, 15) is 9.59 Å². The number of carbonyl (C=O) groups excluding carboxylic acids is 2. The van der Waals surface area contributed by atoms with Crippen molar-refractivity contribution < 1.29 is 9.59 Å². The van der Waals surface area contributed by atoms with Crippen molar-refractivity contribution in [2.75, 3.05) is 20.6 Å². The summed E-state index contributed by atoms with van der Waals surface area (Å²) in [5.41, 5.74) is 5.50. The molecule has 1 aromatic heterocycles. The van der Waals surface area contributed by atoms with E-state index in [4.69, 9.17) is 0 Å². The Labute approximate surface area is 217 Å². The molecule has 0 bridgehead atoms. The van der Waals surface area contributed by atoms with Gasteiger partial charge in [0.15, 0.2) is 0 Å². The Morgan fingerprint density at radius 2 is 1.51 bits per heavy atom. The highest BCUT2D eigenvalue weighted by Gasteiger charge is 2.28. The van der Waals surface area contributed by atoms with Crippen LogP contribution in [-0.2, 0) is 6.42 Å². The largest absolute Gasteiger partial charge is 0.346 e. The fourth-order valence-electron chi connectivity index (χ4n) is 4.87. The minimum Gasteiger partial charge on any atom is -0.345 e. The monoisotopic (exact) mass is 493 g/mol. The second-order valence-corrected chi connectivity index (χ2v) is 9.72. The Morgan fingerprint density at radius 1 is 0.865 bits per heavy atom. The number of carbonyl (C=O) groups is 2. The number of rotatable bonds is 5. The van der Waals surface area contributed by atoms with E-state index < -0.39 is 0 Å². The number of amides is 2. The first-order chi connectivity index (χ1) is 18.0. The van der Waals surface area contributed by atoms with E-state index in [1.165, 1.54) is 10.2 Å². The molecule has 1 aliphatic rings. The lowest BCUT2D eigenvalue weighted by Crippen LogP contribution is -2.46. The molecule has 0 aliphatic carbocycles. The van der Waals surface area contributed by atoms with Crippen LogP contribution in [0.15, 0.2) is 85.1 Å². The van der Waals surface area contributed by atoms with Crippen molar-refractivity contribution in [1.82, 2.24) is 24.8 Å². The molecule has 0 radical (unpaired) electrons. The van der Waals surface area contributed by atoms with Gasteiger partial charge in [-0.05, 0) is 54.5 Å². The van der Waals surface area contributed by atoms with Crippen LogP contribution >= 0.6 is 0 Å². The molecule has 0 spiro atoms. The summed E-state index contributed by atoms with van der Waals surface area (Å²) in [7, 11) is 3.49. The summed E-state index contributed by atoms with van der Waals surface area (Å²) in [5.74, 6) is -0.0181. The maximum absolute atomic E-state index is 13.4. The maximum Gasteiger partial charge on any atom is 0.346 e. The summed E-state index contributed by atoms with van der Waals surface area (Å²) < 4.78 is 1.37. The van der Waals surface area contributed by atoms with Gasteiger partial charge in [0.25, 0.3) is 5.91 Å². The van der Waals surface area contributed by atoms with E-state index in [2.05, 4.69) is 22.4 Å². The highest BCUT2D eigenvalue weighted by atomic mass is 16.2. The SMILES string of the molecule is CN(C)C(=O)c1ccc(-c2ccc(-c3cn(C(=O)N4CCCCC4Cc4ccccc4)nn3)cc2)cc1. The predicted molar refractivity (Wildman–Crippen MR) is 144 cm³/mol. The van der Waals surface area contributed by atoms with Crippen molar-refractivity contribution in [3.63, 3.8) is 0 Å². The topological polar surface area (TPSA) is 71.3 Å².